The first kappa shape index (κ1) is 21.3. The van der Waals surface area contributed by atoms with Crippen molar-refractivity contribution in [3.05, 3.63) is 88.5 Å². The lowest BCUT2D eigenvalue weighted by atomic mass is 10.1. The molecule has 0 amide bonds. The summed E-state index contributed by atoms with van der Waals surface area (Å²) < 4.78 is 15.3. The molecule has 0 atom stereocenters. The topological polar surface area (TPSA) is 28.5 Å². The van der Waals surface area contributed by atoms with E-state index in [9.17, 15) is 9.18 Å². The van der Waals surface area contributed by atoms with E-state index in [1.165, 1.54) is 23.4 Å². The number of benzene rings is 2. The summed E-state index contributed by atoms with van der Waals surface area (Å²) in [5, 5.41) is 0. The van der Waals surface area contributed by atoms with Gasteiger partial charge in [-0.15, -0.1) is 0 Å². The number of hydrogen-bond acceptors (Lipinski definition) is 3. The van der Waals surface area contributed by atoms with E-state index in [1.54, 1.807) is 12.1 Å². The highest BCUT2D eigenvalue weighted by atomic mass is 19.1. The van der Waals surface area contributed by atoms with Crippen LogP contribution in [0.15, 0.2) is 54.6 Å². The third kappa shape index (κ3) is 4.88. The summed E-state index contributed by atoms with van der Waals surface area (Å²) >= 11 is 0. The normalized spacial score (nSPS) is 14.8. The predicted molar refractivity (Wildman–Crippen MR) is 124 cm³/mol. The molecule has 4 nitrogen and oxygen atoms in total. The fourth-order valence-corrected chi connectivity index (χ4v) is 4.38. The predicted octanol–water partition coefficient (Wildman–Crippen LogP) is 4.61. The molecule has 1 saturated heterocycles. The van der Waals surface area contributed by atoms with Gasteiger partial charge in [-0.2, -0.15) is 0 Å². The second-order valence-corrected chi connectivity index (χ2v) is 8.52. The van der Waals surface area contributed by atoms with Gasteiger partial charge in [-0.05, 0) is 62.2 Å². The van der Waals surface area contributed by atoms with Crippen LogP contribution < -0.4 is 4.90 Å². The van der Waals surface area contributed by atoms with Crippen LogP contribution in [0.2, 0.25) is 0 Å². The third-order valence-electron chi connectivity index (χ3n) is 6.23. The summed E-state index contributed by atoms with van der Waals surface area (Å²) in [7, 11) is 0. The first-order chi connectivity index (χ1) is 14.9. The lowest BCUT2D eigenvalue weighted by Gasteiger charge is -2.35. The molecular weight excluding hydrogens is 389 g/mol. The Balaban J connectivity index is 1.38. The smallest absolute Gasteiger partial charge is 0.178 e. The Hall–Kier alpha value is -2.92. The van der Waals surface area contributed by atoms with E-state index in [-0.39, 0.29) is 11.6 Å². The minimum Gasteiger partial charge on any atom is -0.369 e. The molecule has 0 unspecified atom stereocenters. The van der Waals surface area contributed by atoms with Gasteiger partial charge in [0.1, 0.15) is 5.82 Å². The monoisotopic (exact) mass is 419 g/mol. The average Bonchev–Trinajstić information content (AvgIpc) is 3.04. The summed E-state index contributed by atoms with van der Waals surface area (Å²) in [6, 6.07) is 17.1. The molecule has 4 rings (SSSR count). The third-order valence-corrected chi connectivity index (χ3v) is 6.23. The Morgan fingerprint density at radius 3 is 2.32 bits per heavy atom. The zero-order valence-electron chi connectivity index (χ0n) is 18.6. The van der Waals surface area contributed by atoms with Crippen molar-refractivity contribution < 1.29 is 9.18 Å². The van der Waals surface area contributed by atoms with E-state index >= 15 is 0 Å². The Kier molecular flexibility index (Phi) is 6.23. The summed E-state index contributed by atoms with van der Waals surface area (Å²) in [5.74, 6) is -0.0643. The van der Waals surface area contributed by atoms with Gasteiger partial charge in [0.2, 0.25) is 0 Å². The van der Waals surface area contributed by atoms with Crippen LogP contribution in [-0.4, -0.2) is 48.0 Å². The van der Waals surface area contributed by atoms with Gasteiger partial charge in [0.05, 0.1) is 6.54 Å². The van der Waals surface area contributed by atoms with E-state index in [0.29, 0.717) is 13.1 Å². The van der Waals surface area contributed by atoms with E-state index in [4.69, 9.17) is 0 Å². The van der Waals surface area contributed by atoms with Gasteiger partial charge in [0, 0.05) is 55.4 Å². The van der Waals surface area contributed by atoms with Crippen LogP contribution in [0.25, 0.3) is 0 Å². The van der Waals surface area contributed by atoms with Gasteiger partial charge >= 0.3 is 0 Å². The summed E-state index contributed by atoms with van der Waals surface area (Å²) in [5.41, 5.74) is 6.37. The number of hydrogen-bond donors (Lipinski definition) is 0. The molecule has 1 aliphatic rings. The van der Waals surface area contributed by atoms with Gasteiger partial charge in [-0.25, -0.2) is 4.39 Å². The summed E-state index contributed by atoms with van der Waals surface area (Å²) in [6.45, 7) is 10.9. The van der Waals surface area contributed by atoms with Crippen LogP contribution in [0.1, 0.15) is 32.9 Å². The Morgan fingerprint density at radius 1 is 0.935 bits per heavy atom. The van der Waals surface area contributed by atoms with Crippen molar-refractivity contribution in [3.63, 3.8) is 0 Å². The number of ketones is 1. The molecule has 1 fully saturated rings. The van der Waals surface area contributed by atoms with E-state index < -0.39 is 0 Å². The van der Waals surface area contributed by atoms with Crippen LogP contribution in [0, 0.1) is 26.6 Å². The molecule has 2 heterocycles. The maximum Gasteiger partial charge on any atom is 0.178 e. The zero-order chi connectivity index (χ0) is 22.0. The second-order valence-electron chi connectivity index (χ2n) is 8.52. The number of aromatic nitrogens is 1. The first-order valence-corrected chi connectivity index (χ1v) is 10.9. The van der Waals surface area contributed by atoms with Crippen LogP contribution in [0.4, 0.5) is 10.1 Å². The Morgan fingerprint density at radius 2 is 1.65 bits per heavy atom. The number of aryl methyl sites for hydroxylation is 2. The maximum atomic E-state index is 13.2. The Bertz CT molecular complexity index is 1060. The van der Waals surface area contributed by atoms with Crippen molar-refractivity contribution in [2.75, 3.05) is 37.6 Å². The number of carbonyl (C=O) groups excluding carboxylic acids is 1. The molecule has 0 bridgehead atoms. The fourth-order valence-electron chi connectivity index (χ4n) is 4.38. The molecule has 0 radical (unpaired) electrons. The number of Topliss-reactive ketones (excluding diaryl/α,β-unsaturated/α-hetero) is 1. The molecule has 3 aromatic rings. The second kappa shape index (κ2) is 9.06. The average molecular weight is 420 g/mol. The number of piperazine rings is 1. The zero-order valence-corrected chi connectivity index (χ0v) is 18.6. The van der Waals surface area contributed by atoms with Gasteiger partial charge in [0.25, 0.3) is 0 Å². The highest BCUT2D eigenvalue weighted by Gasteiger charge is 2.22. The molecule has 1 aromatic heterocycles. The first-order valence-electron chi connectivity index (χ1n) is 10.9. The lowest BCUT2D eigenvalue weighted by molar-refractivity contribution is 0.0925. The van der Waals surface area contributed by atoms with Crippen molar-refractivity contribution in [2.24, 2.45) is 0 Å². The van der Waals surface area contributed by atoms with Crippen LogP contribution in [0.5, 0.6) is 0 Å². The van der Waals surface area contributed by atoms with E-state index in [0.717, 1.165) is 48.7 Å². The molecule has 5 heteroatoms. The highest BCUT2D eigenvalue weighted by Crippen LogP contribution is 2.20. The number of rotatable bonds is 6. The van der Waals surface area contributed by atoms with Crippen LogP contribution >= 0.6 is 0 Å². The lowest BCUT2D eigenvalue weighted by Crippen LogP contribution is -2.48. The van der Waals surface area contributed by atoms with E-state index in [2.05, 4.69) is 45.6 Å². The van der Waals surface area contributed by atoms with Gasteiger partial charge in [0.15, 0.2) is 5.78 Å². The van der Waals surface area contributed by atoms with Crippen molar-refractivity contribution in [2.45, 2.75) is 27.3 Å². The summed E-state index contributed by atoms with van der Waals surface area (Å²) in [6.07, 6.45) is 0. The molecular formula is C26H30FN3O. The van der Waals surface area contributed by atoms with Crippen molar-refractivity contribution in [1.29, 1.82) is 0 Å². The fraction of sp³-hybridized carbons (Fsp3) is 0.346. The standard InChI is InChI=1S/C26H30FN3O/c1-19-5-4-6-24(15-19)29-13-11-28(12-14-29)18-26(31)25-16-20(2)30(21(25)3)17-22-7-9-23(27)10-8-22/h4-10,15-16H,11-14,17-18H2,1-3H3. The molecule has 0 spiro atoms. The van der Waals surface area contributed by atoms with Crippen molar-refractivity contribution in [1.82, 2.24) is 9.47 Å². The number of anilines is 1. The van der Waals surface area contributed by atoms with Gasteiger partial charge < -0.3 is 9.47 Å². The van der Waals surface area contributed by atoms with Crippen molar-refractivity contribution >= 4 is 11.5 Å². The van der Waals surface area contributed by atoms with Crippen LogP contribution in [-0.2, 0) is 6.54 Å². The molecule has 31 heavy (non-hydrogen) atoms. The number of halogens is 1. The highest BCUT2D eigenvalue weighted by molar-refractivity contribution is 5.99. The maximum absolute atomic E-state index is 13.2. The van der Waals surface area contributed by atoms with Crippen molar-refractivity contribution in [3.8, 4) is 0 Å². The van der Waals surface area contributed by atoms with Gasteiger partial charge in [-0.3, -0.25) is 9.69 Å². The quantitative estimate of drug-likeness (QED) is 0.547. The van der Waals surface area contributed by atoms with Crippen LogP contribution in [0.3, 0.4) is 0 Å². The Labute approximate surface area is 183 Å². The summed E-state index contributed by atoms with van der Waals surface area (Å²) in [4.78, 5) is 17.7. The minimum atomic E-state index is -0.233. The van der Waals surface area contributed by atoms with E-state index in [1.807, 2.05) is 19.9 Å². The molecule has 162 valence electrons. The molecule has 0 aliphatic carbocycles. The number of nitrogens with zero attached hydrogens (tertiary/aromatic N) is 3. The molecule has 2 aromatic carbocycles. The molecule has 1 aliphatic heterocycles. The largest absolute Gasteiger partial charge is 0.369 e. The molecule has 0 saturated carbocycles. The number of carbonyl (C=O) groups is 1. The SMILES string of the molecule is Cc1cccc(N2CCN(CC(=O)c3cc(C)n(Cc4ccc(F)cc4)c3C)CC2)c1. The van der Waals surface area contributed by atoms with Gasteiger partial charge in [-0.1, -0.05) is 24.3 Å². The minimum absolute atomic E-state index is 0.169. The molecule has 0 N–H and O–H groups in total.